The number of nitrogens with zero attached hydrogens (tertiary/aromatic N) is 1. The Labute approximate surface area is 98.7 Å². The number of hydrogen-bond acceptors (Lipinski definition) is 4. The van der Waals surface area contributed by atoms with Gasteiger partial charge in [-0.3, -0.25) is 4.79 Å². The highest BCUT2D eigenvalue weighted by molar-refractivity contribution is 7.89. The summed E-state index contributed by atoms with van der Waals surface area (Å²) in [7, 11) is -3.71. The molecule has 0 bridgehead atoms. The van der Waals surface area contributed by atoms with Gasteiger partial charge in [0, 0.05) is 24.7 Å². The molecule has 3 N–H and O–H groups in total. The summed E-state index contributed by atoms with van der Waals surface area (Å²) in [6.07, 6.45) is -0.117. The van der Waals surface area contributed by atoms with E-state index in [4.69, 9.17) is 5.14 Å². The number of aromatic hydroxyl groups is 1. The van der Waals surface area contributed by atoms with Crippen molar-refractivity contribution in [3.05, 3.63) is 24.3 Å². The molecule has 92 valence electrons. The molecule has 1 aromatic carbocycles. The van der Waals surface area contributed by atoms with E-state index in [-0.39, 0.29) is 24.6 Å². The Morgan fingerprint density at radius 2 is 2.12 bits per heavy atom. The van der Waals surface area contributed by atoms with Crippen LogP contribution in [0.1, 0.15) is 6.42 Å². The molecule has 1 unspecified atom stereocenters. The summed E-state index contributed by atoms with van der Waals surface area (Å²) in [5, 5.41) is 13.4. The van der Waals surface area contributed by atoms with Gasteiger partial charge in [-0.1, -0.05) is 6.07 Å². The van der Waals surface area contributed by atoms with Crippen LogP contribution in [-0.4, -0.2) is 31.2 Å². The van der Waals surface area contributed by atoms with Gasteiger partial charge in [0.1, 0.15) is 11.0 Å². The smallest absolute Gasteiger partial charge is 0.228 e. The number of primary sulfonamides is 1. The maximum Gasteiger partial charge on any atom is 0.228 e. The summed E-state index contributed by atoms with van der Waals surface area (Å²) in [6, 6.07) is 6.09. The Morgan fingerprint density at radius 1 is 1.41 bits per heavy atom. The molecule has 1 saturated heterocycles. The fourth-order valence-corrected chi connectivity index (χ4v) is 2.54. The van der Waals surface area contributed by atoms with Crippen LogP contribution < -0.4 is 10.0 Å². The second-order valence-corrected chi connectivity index (χ2v) is 5.78. The lowest BCUT2D eigenvalue weighted by atomic mass is 10.3. The van der Waals surface area contributed by atoms with E-state index in [0.717, 1.165) is 0 Å². The Balaban J connectivity index is 2.28. The number of carbonyl (C=O) groups excluding carboxylic acids is 1. The molecule has 0 aliphatic carbocycles. The van der Waals surface area contributed by atoms with E-state index in [1.807, 2.05) is 0 Å². The predicted molar refractivity (Wildman–Crippen MR) is 62.0 cm³/mol. The first kappa shape index (κ1) is 11.9. The van der Waals surface area contributed by atoms with Gasteiger partial charge in [-0.05, 0) is 12.1 Å². The monoisotopic (exact) mass is 256 g/mol. The summed E-state index contributed by atoms with van der Waals surface area (Å²) in [6.45, 7) is 0.0289. The molecular weight excluding hydrogens is 244 g/mol. The molecule has 1 atom stereocenters. The van der Waals surface area contributed by atoms with Crippen LogP contribution in [0.15, 0.2) is 24.3 Å². The van der Waals surface area contributed by atoms with Gasteiger partial charge in [0.05, 0.1) is 0 Å². The highest BCUT2D eigenvalue weighted by Gasteiger charge is 2.37. The highest BCUT2D eigenvalue weighted by Crippen LogP contribution is 2.26. The Bertz CT molecular complexity index is 555. The van der Waals surface area contributed by atoms with Crippen molar-refractivity contribution in [2.24, 2.45) is 5.14 Å². The standard InChI is InChI=1S/C10H12N2O4S/c11-17(15,16)9-5-10(14)12(6-9)7-2-1-3-8(13)4-7/h1-4,9,13H,5-6H2,(H2,11,15,16). The van der Waals surface area contributed by atoms with Crippen LogP contribution in [0.25, 0.3) is 0 Å². The Kier molecular flexibility index (Phi) is 2.80. The molecule has 1 heterocycles. The van der Waals surface area contributed by atoms with Crippen molar-refractivity contribution >= 4 is 21.6 Å². The van der Waals surface area contributed by atoms with Crippen LogP contribution in [0, 0.1) is 0 Å². The van der Waals surface area contributed by atoms with Crippen molar-refractivity contribution in [3.63, 3.8) is 0 Å². The van der Waals surface area contributed by atoms with Crippen molar-refractivity contribution in [2.75, 3.05) is 11.4 Å². The van der Waals surface area contributed by atoms with Gasteiger partial charge in [-0.25, -0.2) is 13.6 Å². The van der Waals surface area contributed by atoms with Gasteiger partial charge in [-0.15, -0.1) is 0 Å². The quantitative estimate of drug-likeness (QED) is 0.764. The number of hydrogen-bond donors (Lipinski definition) is 2. The largest absolute Gasteiger partial charge is 0.508 e. The van der Waals surface area contributed by atoms with Crippen LogP contribution in [0.4, 0.5) is 5.69 Å². The molecule has 2 rings (SSSR count). The van der Waals surface area contributed by atoms with Crippen LogP contribution in [0.5, 0.6) is 5.75 Å². The normalized spacial score (nSPS) is 20.9. The number of rotatable bonds is 2. The van der Waals surface area contributed by atoms with E-state index in [2.05, 4.69) is 0 Å². The number of phenols is 1. The zero-order chi connectivity index (χ0) is 12.6. The maximum absolute atomic E-state index is 11.7. The number of nitrogens with two attached hydrogens (primary N) is 1. The number of benzene rings is 1. The first-order valence-electron chi connectivity index (χ1n) is 4.99. The van der Waals surface area contributed by atoms with E-state index in [1.165, 1.54) is 17.0 Å². The molecule has 1 aliphatic rings. The summed E-state index contributed by atoms with van der Waals surface area (Å²) >= 11 is 0. The first-order valence-corrected chi connectivity index (χ1v) is 6.60. The number of phenolic OH excluding ortho intramolecular Hbond substituents is 1. The van der Waals surface area contributed by atoms with E-state index in [0.29, 0.717) is 5.69 Å². The average molecular weight is 256 g/mol. The highest BCUT2D eigenvalue weighted by atomic mass is 32.2. The van der Waals surface area contributed by atoms with Crippen LogP contribution in [0.2, 0.25) is 0 Å². The van der Waals surface area contributed by atoms with Gasteiger partial charge in [0.25, 0.3) is 0 Å². The molecule has 1 fully saturated rings. The minimum Gasteiger partial charge on any atom is -0.508 e. The van der Waals surface area contributed by atoms with Gasteiger partial charge in [-0.2, -0.15) is 0 Å². The van der Waals surface area contributed by atoms with E-state index >= 15 is 0 Å². The molecule has 0 radical (unpaired) electrons. The van der Waals surface area contributed by atoms with Crippen LogP contribution in [0.3, 0.4) is 0 Å². The third-order valence-electron chi connectivity index (χ3n) is 2.70. The topological polar surface area (TPSA) is 101 Å². The van der Waals surface area contributed by atoms with E-state index in [9.17, 15) is 18.3 Å². The lowest BCUT2D eigenvalue weighted by molar-refractivity contribution is -0.117. The van der Waals surface area contributed by atoms with Gasteiger partial charge in [0.2, 0.25) is 15.9 Å². The lowest BCUT2D eigenvalue weighted by Crippen LogP contribution is -2.32. The molecule has 1 amide bonds. The van der Waals surface area contributed by atoms with Crippen LogP contribution in [-0.2, 0) is 14.8 Å². The van der Waals surface area contributed by atoms with Gasteiger partial charge in [0.15, 0.2) is 0 Å². The van der Waals surface area contributed by atoms with Crippen molar-refractivity contribution in [1.29, 1.82) is 0 Å². The average Bonchev–Trinajstić information content (AvgIpc) is 2.60. The summed E-state index contributed by atoms with van der Waals surface area (Å²) in [5.74, 6) is -0.288. The predicted octanol–water partition coefficient (Wildman–Crippen LogP) is -0.214. The summed E-state index contributed by atoms with van der Waals surface area (Å²) in [5.41, 5.74) is 0.473. The lowest BCUT2D eigenvalue weighted by Gasteiger charge is -2.16. The zero-order valence-electron chi connectivity index (χ0n) is 8.91. The van der Waals surface area contributed by atoms with Crippen molar-refractivity contribution in [1.82, 2.24) is 0 Å². The number of anilines is 1. The van der Waals surface area contributed by atoms with Gasteiger partial charge < -0.3 is 10.0 Å². The molecule has 0 saturated carbocycles. The number of sulfonamides is 1. The maximum atomic E-state index is 11.7. The van der Waals surface area contributed by atoms with Gasteiger partial charge >= 0.3 is 0 Å². The fraction of sp³-hybridized carbons (Fsp3) is 0.300. The molecular formula is C10H12N2O4S. The third-order valence-corrected chi connectivity index (χ3v) is 3.94. The molecule has 1 aromatic rings. The molecule has 7 heteroatoms. The molecule has 0 aromatic heterocycles. The van der Waals surface area contributed by atoms with Crippen molar-refractivity contribution in [2.45, 2.75) is 11.7 Å². The van der Waals surface area contributed by atoms with Crippen LogP contribution >= 0.6 is 0 Å². The zero-order valence-corrected chi connectivity index (χ0v) is 9.72. The Hall–Kier alpha value is -1.60. The number of carbonyl (C=O) groups is 1. The molecule has 6 nitrogen and oxygen atoms in total. The summed E-state index contributed by atoms with van der Waals surface area (Å²) in [4.78, 5) is 13.0. The second-order valence-electron chi connectivity index (χ2n) is 3.94. The fourth-order valence-electron chi connectivity index (χ4n) is 1.81. The van der Waals surface area contributed by atoms with E-state index < -0.39 is 15.3 Å². The minimum absolute atomic E-state index is 0.0226. The molecule has 17 heavy (non-hydrogen) atoms. The third kappa shape index (κ3) is 2.40. The first-order chi connectivity index (χ1) is 7.88. The molecule has 1 aliphatic heterocycles. The number of amides is 1. The van der Waals surface area contributed by atoms with E-state index in [1.54, 1.807) is 12.1 Å². The van der Waals surface area contributed by atoms with Crippen molar-refractivity contribution in [3.8, 4) is 5.75 Å². The second kappa shape index (κ2) is 4.01. The summed E-state index contributed by atoms with van der Waals surface area (Å²) < 4.78 is 22.3. The minimum atomic E-state index is -3.71. The Morgan fingerprint density at radius 3 is 2.65 bits per heavy atom. The van der Waals surface area contributed by atoms with Crippen molar-refractivity contribution < 1.29 is 18.3 Å². The SMILES string of the molecule is NS(=O)(=O)C1CC(=O)N(c2cccc(O)c2)C1. The molecule has 0 spiro atoms.